The van der Waals surface area contributed by atoms with Gasteiger partial charge in [0.05, 0.1) is 18.8 Å². The summed E-state index contributed by atoms with van der Waals surface area (Å²) >= 11 is 6.06. The molecular formula is C16H21ClN2O3. The maximum Gasteiger partial charge on any atom is 0.242 e. The highest BCUT2D eigenvalue weighted by Crippen LogP contribution is 2.34. The molecule has 6 heteroatoms. The number of likely N-dealkylation sites (tertiary alicyclic amines) is 1. The first-order chi connectivity index (χ1) is 10.7. The maximum atomic E-state index is 12.5. The molecule has 0 bridgehead atoms. The minimum atomic E-state index is 0.129. The van der Waals surface area contributed by atoms with Crippen LogP contribution in [0.3, 0.4) is 0 Å². The van der Waals surface area contributed by atoms with Gasteiger partial charge in [-0.25, -0.2) is 0 Å². The molecular weight excluding hydrogens is 304 g/mol. The first kappa shape index (κ1) is 15.4. The topological polar surface area (TPSA) is 53.0 Å². The van der Waals surface area contributed by atoms with Crippen LogP contribution < -0.4 is 9.64 Å². The van der Waals surface area contributed by atoms with E-state index in [0.717, 1.165) is 37.4 Å². The molecule has 22 heavy (non-hydrogen) atoms. The lowest BCUT2D eigenvalue weighted by molar-refractivity contribution is -0.131. The van der Waals surface area contributed by atoms with Gasteiger partial charge in [0.2, 0.25) is 5.91 Å². The zero-order valence-corrected chi connectivity index (χ0v) is 13.3. The fourth-order valence-corrected chi connectivity index (χ4v) is 3.20. The van der Waals surface area contributed by atoms with Crippen molar-refractivity contribution in [3.8, 4) is 5.75 Å². The van der Waals surface area contributed by atoms with Gasteiger partial charge in [-0.3, -0.25) is 4.79 Å². The SMILES string of the molecule is O=C(CN1CCOc2ccc(Cl)cc21)N1CCC(CO)CC1. The number of amides is 1. The molecule has 5 nitrogen and oxygen atoms in total. The summed E-state index contributed by atoms with van der Waals surface area (Å²) in [5.74, 6) is 1.25. The minimum Gasteiger partial charge on any atom is -0.490 e. The fraction of sp³-hybridized carbons (Fsp3) is 0.562. The largest absolute Gasteiger partial charge is 0.490 e. The molecule has 1 saturated heterocycles. The Kier molecular flexibility index (Phi) is 4.74. The number of ether oxygens (including phenoxy) is 1. The van der Waals surface area contributed by atoms with Crippen molar-refractivity contribution in [2.24, 2.45) is 5.92 Å². The van der Waals surface area contributed by atoms with Crippen LogP contribution in [0.4, 0.5) is 5.69 Å². The van der Waals surface area contributed by atoms with Crippen LogP contribution in [-0.2, 0) is 4.79 Å². The Morgan fingerprint density at radius 2 is 2.09 bits per heavy atom. The van der Waals surface area contributed by atoms with Crippen LogP contribution >= 0.6 is 11.6 Å². The molecule has 2 aliphatic rings. The molecule has 2 heterocycles. The first-order valence-electron chi connectivity index (χ1n) is 7.73. The molecule has 1 aromatic rings. The lowest BCUT2D eigenvalue weighted by Crippen LogP contribution is -2.46. The number of aliphatic hydroxyl groups is 1. The minimum absolute atomic E-state index is 0.129. The van der Waals surface area contributed by atoms with E-state index in [0.29, 0.717) is 30.6 Å². The van der Waals surface area contributed by atoms with Crippen molar-refractivity contribution in [1.29, 1.82) is 0 Å². The average molecular weight is 325 g/mol. The van der Waals surface area contributed by atoms with Gasteiger partial charge in [-0.15, -0.1) is 0 Å². The number of piperidine rings is 1. The zero-order valence-electron chi connectivity index (χ0n) is 12.5. The van der Waals surface area contributed by atoms with Crippen molar-refractivity contribution in [3.05, 3.63) is 23.2 Å². The summed E-state index contributed by atoms with van der Waals surface area (Å²) in [5, 5.41) is 9.82. The van der Waals surface area contributed by atoms with Crippen molar-refractivity contribution in [3.63, 3.8) is 0 Å². The molecule has 0 radical (unpaired) electrons. The number of halogens is 1. The summed E-state index contributed by atoms with van der Waals surface area (Å²) < 4.78 is 5.61. The normalized spacial score (nSPS) is 18.8. The van der Waals surface area contributed by atoms with Crippen molar-refractivity contribution in [1.82, 2.24) is 4.90 Å². The highest BCUT2D eigenvalue weighted by molar-refractivity contribution is 6.31. The molecule has 120 valence electrons. The third-order valence-corrected chi connectivity index (χ3v) is 4.67. The smallest absolute Gasteiger partial charge is 0.242 e. The van der Waals surface area contributed by atoms with Crippen LogP contribution in [0.25, 0.3) is 0 Å². The molecule has 1 amide bonds. The van der Waals surface area contributed by atoms with Crippen molar-refractivity contribution in [2.75, 3.05) is 44.3 Å². The van der Waals surface area contributed by atoms with Crippen LogP contribution in [-0.4, -0.2) is 55.3 Å². The fourth-order valence-electron chi connectivity index (χ4n) is 3.04. The quantitative estimate of drug-likeness (QED) is 0.920. The predicted molar refractivity (Wildman–Crippen MR) is 85.5 cm³/mol. The number of nitrogens with zero attached hydrogens (tertiary/aromatic N) is 2. The Morgan fingerprint density at radius 1 is 1.32 bits per heavy atom. The molecule has 0 atom stereocenters. The lowest BCUT2D eigenvalue weighted by Gasteiger charge is -2.35. The number of fused-ring (bicyclic) bond motifs is 1. The summed E-state index contributed by atoms with van der Waals surface area (Å²) in [5.41, 5.74) is 0.886. The van der Waals surface area contributed by atoms with E-state index in [9.17, 15) is 9.90 Å². The van der Waals surface area contributed by atoms with Crippen LogP contribution in [0.1, 0.15) is 12.8 Å². The lowest BCUT2D eigenvalue weighted by atomic mass is 9.98. The number of aliphatic hydroxyl groups excluding tert-OH is 1. The Bertz CT molecular complexity index is 544. The van der Waals surface area contributed by atoms with E-state index < -0.39 is 0 Å². The van der Waals surface area contributed by atoms with Gasteiger partial charge in [-0.1, -0.05) is 11.6 Å². The van der Waals surface area contributed by atoms with Gasteiger partial charge in [0, 0.05) is 24.7 Å². The van der Waals surface area contributed by atoms with Crippen LogP contribution in [0.2, 0.25) is 5.02 Å². The Labute approximate surface area is 135 Å². The monoisotopic (exact) mass is 324 g/mol. The van der Waals surface area contributed by atoms with Gasteiger partial charge in [-0.05, 0) is 37.0 Å². The van der Waals surface area contributed by atoms with Gasteiger partial charge in [0.1, 0.15) is 12.4 Å². The van der Waals surface area contributed by atoms with E-state index in [2.05, 4.69) is 0 Å². The highest BCUT2D eigenvalue weighted by Gasteiger charge is 2.26. The van der Waals surface area contributed by atoms with Crippen LogP contribution in [0, 0.1) is 5.92 Å². The third kappa shape index (κ3) is 3.31. The molecule has 3 rings (SSSR count). The molecule has 1 aromatic carbocycles. The van der Waals surface area contributed by atoms with Crippen LogP contribution in [0.15, 0.2) is 18.2 Å². The van der Waals surface area contributed by atoms with Crippen LogP contribution in [0.5, 0.6) is 5.75 Å². The molecule has 1 fully saturated rings. The third-order valence-electron chi connectivity index (χ3n) is 4.43. The molecule has 0 aromatic heterocycles. The Morgan fingerprint density at radius 3 is 2.82 bits per heavy atom. The summed E-state index contributed by atoms with van der Waals surface area (Å²) in [6, 6.07) is 5.49. The molecule has 2 aliphatic heterocycles. The number of carbonyl (C=O) groups excluding carboxylic acids is 1. The number of hydrogen-bond donors (Lipinski definition) is 1. The van der Waals surface area contributed by atoms with E-state index in [1.807, 2.05) is 21.9 Å². The van der Waals surface area contributed by atoms with Gasteiger partial charge in [-0.2, -0.15) is 0 Å². The molecule has 0 spiro atoms. The molecule has 0 saturated carbocycles. The van der Waals surface area contributed by atoms with E-state index in [-0.39, 0.29) is 12.5 Å². The van der Waals surface area contributed by atoms with Gasteiger partial charge < -0.3 is 19.6 Å². The number of benzene rings is 1. The first-order valence-corrected chi connectivity index (χ1v) is 8.11. The number of hydrogen-bond acceptors (Lipinski definition) is 4. The highest BCUT2D eigenvalue weighted by atomic mass is 35.5. The second-order valence-electron chi connectivity index (χ2n) is 5.89. The molecule has 0 aliphatic carbocycles. The average Bonchev–Trinajstić information content (AvgIpc) is 2.55. The second kappa shape index (κ2) is 6.75. The van der Waals surface area contributed by atoms with Crippen molar-refractivity contribution in [2.45, 2.75) is 12.8 Å². The van der Waals surface area contributed by atoms with Crippen molar-refractivity contribution < 1.29 is 14.6 Å². The Hall–Kier alpha value is -1.46. The summed E-state index contributed by atoms with van der Waals surface area (Å²) in [7, 11) is 0. The number of carbonyl (C=O) groups is 1. The zero-order chi connectivity index (χ0) is 15.5. The van der Waals surface area contributed by atoms with E-state index >= 15 is 0 Å². The maximum absolute atomic E-state index is 12.5. The van der Waals surface area contributed by atoms with Gasteiger partial charge in [0.15, 0.2) is 0 Å². The number of anilines is 1. The van der Waals surface area contributed by atoms with Crippen molar-refractivity contribution >= 4 is 23.2 Å². The van der Waals surface area contributed by atoms with E-state index in [1.54, 1.807) is 6.07 Å². The summed E-state index contributed by atoms with van der Waals surface area (Å²) in [6.45, 7) is 3.30. The predicted octanol–water partition coefficient (Wildman–Crippen LogP) is 1.77. The van der Waals surface area contributed by atoms with Gasteiger partial charge >= 0.3 is 0 Å². The van der Waals surface area contributed by atoms with E-state index in [4.69, 9.17) is 16.3 Å². The standard InChI is InChI=1S/C16H21ClN2O3/c17-13-1-2-15-14(9-13)19(7-8-22-15)10-16(21)18-5-3-12(11-20)4-6-18/h1-2,9,12,20H,3-8,10-11H2. The second-order valence-corrected chi connectivity index (χ2v) is 6.33. The summed E-state index contributed by atoms with van der Waals surface area (Å²) in [6.07, 6.45) is 1.77. The molecule has 0 unspecified atom stereocenters. The Balaban J connectivity index is 1.64. The van der Waals surface area contributed by atoms with Gasteiger partial charge in [0.25, 0.3) is 0 Å². The molecule has 1 N–H and O–H groups in total. The van der Waals surface area contributed by atoms with E-state index in [1.165, 1.54) is 0 Å². The summed E-state index contributed by atoms with van der Waals surface area (Å²) in [4.78, 5) is 16.4. The number of rotatable bonds is 3.